The average Bonchev–Trinajstić information content (AvgIpc) is 2.82. The van der Waals surface area contributed by atoms with E-state index in [0.29, 0.717) is 12.8 Å². The highest BCUT2D eigenvalue weighted by atomic mass is 79.9. The minimum atomic E-state index is -0.791. The summed E-state index contributed by atoms with van der Waals surface area (Å²) in [6.45, 7) is 0. The first-order chi connectivity index (χ1) is 9.63. The summed E-state index contributed by atoms with van der Waals surface area (Å²) in [7, 11) is 0. The van der Waals surface area contributed by atoms with E-state index in [2.05, 4.69) is 15.9 Å². The van der Waals surface area contributed by atoms with E-state index in [1.165, 1.54) is 5.56 Å². The van der Waals surface area contributed by atoms with Crippen molar-refractivity contribution >= 4 is 21.9 Å². The number of carboxylic acids is 1. The van der Waals surface area contributed by atoms with E-state index in [4.69, 9.17) is 0 Å². The van der Waals surface area contributed by atoms with Gasteiger partial charge >= 0.3 is 5.97 Å². The Morgan fingerprint density at radius 1 is 1.15 bits per heavy atom. The van der Waals surface area contributed by atoms with Gasteiger partial charge in [0.1, 0.15) is 0 Å². The van der Waals surface area contributed by atoms with Crippen LogP contribution in [0.25, 0.3) is 0 Å². The van der Waals surface area contributed by atoms with Gasteiger partial charge in [-0.25, -0.2) is 0 Å². The third kappa shape index (κ3) is 2.06. The van der Waals surface area contributed by atoms with Gasteiger partial charge in [0.15, 0.2) is 0 Å². The second-order valence-electron chi connectivity index (χ2n) is 5.31. The first kappa shape index (κ1) is 13.4. The molecular weight excluding hydrogens is 316 g/mol. The number of benzene rings is 2. The normalized spacial score (nSPS) is 20.6. The smallest absolute Gasteiger partial charge is 0.314 e. The Balaban J connectivity index is 2.08. The molecule has 0 saturated heterocycles. The standard InChI is InChI=1S/C17H15BrO2/c18-15-8-4-2-6-13(15)11-17(16(19)20)10-9-12-5-1-3-7-14(12)17/h1-8H,9-11H2,(H,19,20). The quantitative estimate of drug-likeness (QED) is 0.924. The fourth-order valence-corrected chi connectivity index (χ4v) is 3.56. The summed E-state index contributed by atoms with van der Waals surface area (Å²) in [5.74, 6) is -0.724. The minimum Gasteiger partial charge on any atom is -0.481 e. The van der Waals surface area contributed by atoms with Gasteiger partial charge in [-0.05, 0) is 42.0 Å². The molecule has 0 saturated carbocycles. The predicted molar refractivity (Wildman–Crippen MR) is 81.9 cm³/mol. The molecule has 2 aromatic rings. The Kier molecular flexibility index (Phi) is 3.38. The molecule has 3 rings (SSSR count). The van der Waals surface area contributed by atoms with Crippen molar-refractivity contribution in [2.75, 3.05) is 0 Å². The summed E-state index contributed by atoms with van der Waals surface area (Å²) in [6, 6.07) is 15.8. The molecule has 1 aliphatic carbocycles. The van der Waals surface area contributed by atoms with Crippen LogP contribution in [0.1, 0.15) is 23.1 Å². The van der Waals surface area contributed by atoms with Crippen LogP contribution >= 0.6 is 15.9 Å². The molecule has 0 aliphatic heterocycles. The first-order valence-electron chi connectivity index (χ1n) is 6.69. The van der Waals surface area contributed by atoms with Crippen molar-refractivity contribution in [3.05, 3.63) is 69.7 Å². The number of rotatable bonds is 3. The highest BCUT2D eigenvalue weighted by molar-refractivity contribution is 9.10. The number of aliphatic carboxylic acids is 1. The monoisotopic (exact) mass is 330 g/mol. The van der Waals surface area contributed by atoms with E-state index in [1.54, 1.807) is 0 Å². The lowest BCUT2D eigenvalue weighted by Gasteiger charge is -2.26. The van der Waals surface area contributed by atoms with Crippen LogP contribution in [-0.4, -0.2) is 11.1 Å². The number of carbonyl (C=O) groups is 1. The van der Waals surface area contributed by atoms with Crippen molar-refractivity contribution in [2.45, 2.75) is 24.7 Å². The van der Waals surface area contributed by atoms with Crippen LogP contribution in [0, 0.1) is 0 Å². The fraction of sp³-hybridized carbons (Fsp3) is 0.235. The molecule has 3 heteroatoms. The maximum atomic E-state index is 12.0. The Labute approximate surface area is 126 Å². The SMILES string of the molecule is O=C(O)C1(Cc2ccccc2Br)CCc2ccccc21. The van der Waals surface area contributed by atoms with Crippen LogP contribution < -0.4 is 0 Å². The Bertz CT molecular complexity index is 666. The molecule has 0 radical (unpaired) electrons. The molecule has 102 valence electrons. The van der Waals surface area contributed by atoms with Crippen molar-refractivity contribution in [1.82, 2.24) is 0 Å². The molecule has 1 N–H and O–H groups in total. The van der Waals surface area contributed by atoms with Gasteiger partial charge in [-0.2, -0.15) is 0 Å². The second-order valence-corrected chi connectivity index (χ2v) is 6.17. The molecule has 0 aromatic heterocycles. The topological polar surface area (TPSA) is 37.3 Å². The first-order valence-corrected chi connectivity index (χ1v) is 7.48. The van der Waals surface area contributed by atoms with Crippen molar-refractivity contribution in [3.8, 4) is 0 Å². The number of hydrogen-bond donors (Lipinski definition) is 1. The molecule has 0 amide bonds. The zero-order valence-electron chi connectivity index (χ0n) is 11.0. The second kappa shape index (κ2) is 5.06. The Hall–Kier alpha value is -1.61. The Morgan fingerprint density at radius 3 is 2.60 bits per heavy atom. The fourth-order valence-electron chi connectivity index (χ4n) is 3.14. The van der Waals surface area contributed by atoms with Gasteiger partial charge in [0, 0.05) is 4.47 Å². The number of hydrogen-bond acceptors (Lipinski definition) is 1. The van der Waals surface area contributed by atoms with Gasteiger partial charge in [-0.1, -0.05) is 58.4 Å². The maximum absolute atomic E-state index is 12.0. The molecule has 1 aliphatic rings. The summed E-state index contributed by atoms with van der Waals surface area (Å²) in [4.78, 5) is 12.0. The average molecular weight is 331 g/mol. The van der Waals surface area contributed by atoms with E-state index in [0.717, 1.165) is 22.0 Å². The van der Waals surface area contributed by atoms with Crippen molar-refractivity contribution in [2.24, 2.45) is 0 Å². The highest BCUT2D eigenvalue weighted by Gasteiger charge is 2.45. The molecule has 2 aromatic carbocycles. The van der Waals surface area contributed by atoms with Crippen LogP contribution in [0.15, 0.2) is 53.0 Å². The van der Waals surface area contributed by atoms with Crippen LogP contribution in [0.4, 0.5) is 0 Å². The van der Waals surface area contributed by atoms with Gasteiger partial charge in [0.2, 0.25) is 0 Å². The molecule has 2 nitrogen and oxygen atoms in total. The molecule has 0 bridgehead atoms. The third-order valence-electron chi connectivity index (χ3n) is 4.21. The summed E-state index contributed by atoms with van der Waals surface area (Å²) in [5, 5.41) is 9.85. The molecule has 1 unspecified atom stereocenters. The van der Waals surface area contributed by atoms with Gasteiger partial charge in [-0.15, -0.1) is 0 Å². The Morgan fingerprint density at radius 2 is 1.85 bits per heavy atom. The molecule has 1 atom stereocenters. The lowest BCUT2D eigenvalue weighted by Crippen LogP contribution is -2.36. The summed E-state index contributed by atoms with van der Waals surface area (Å²) < 4.78 is 0.977. The molecule has 0 fully saturated rings. The largest absolute Gasteiger partial charge is 0.481 e. The van der Waals surface area contributed by atoms with E-state index >= 15 is 0 Å². The van der Waals surface area contributed by atoms with Crippen LogP contribution in [0.3, 0.4) is 0 Å². The summed E-state index contributed by atoms with van der Waals surface area (Å²) >= 11 is 3.52. The third-order valence-corrected chi connectivity index (χ3v) is 4.99. The van der Waals surface area contributed by atoms with E-state index in [1.807, 2.05) is 48.5 Å². The van der Waals surface area contributed by atoms with E-state index in [9.17, 15) is 9.90 Å². The van der Waals surface area contributed by atoms with Gasteiger partial charge in [0.25, 0.3) is 0 Å². The lowest BCUT2D eigenvalue weighted by atomic mass is 9.76. The van der Waals surface area contributed by atoms with Gasteiger partial charge < -0.3 is 5.11 Å². The van der Waals surface area contributed by atoms with Crippen molar-refractivity contribution in [3.63, 3.8) is 0 Å². The molecule has 0 spiro atoms. The molecular formula is C17H15BrO2. The number of carboxylic acid groups (broad SMARTS) is 1. The van der Waals surface area contributed by atoms with Gasteiger partial charge in [-0.3, -0.25) is 4.79 Å². The van der Waals surface area contributed by atoms with Crippen LogP contribution in [0.5, 0.6) is 0 Å². The van der Waals surface area contributed by atoms with Crippen molar-refractivity contribution < 1.29 is 9.90 Å². The predicted octanol–water partition coefficient (Wildman–Crippen LogP) is 3.96. The number of fused-ring (bicyclic) bond motifs is 1. The minimum absolute atomic E-state index is 0.529. The van der Waals surface area contributed by atoms with Crippen molar-refractivity contribution in [1.29, 1.82) is 0 Å². The molecule has 0 heterocycles. The summed E-state index contributed by atoms with van der Waals surface area (Å²) in [5.41, 5.74) is 2.40. The maximum Gasteiger partial charge on any atom is 0.314 e. The number of aryl methyl sites for hydroxylation is 1. The van der Waals surface area contributed by atoms with Gasteiger partial charge in [0.05, 0.1) is 5.41 Å². The number of halogens is 1. The zero-order valence-corrected chi connectivity index (χ0v) is 12.6. The van der Waals surface area contributed by atoms with E-state index < -0.39 is 11.4 Å². The molecule has 20 heavy (non-hydrogen) atoms. The van der Waals surface area contributed by atoms with E-state index in [-0.39, 0.29) is 0 Å². The summed E-state index contributed by atoms with van der Waals surface area (Å²) in [6.07, 6.45) is 2.04. The van der Waals surface area contributed by atoms with Crippen LogP contribution in [-0.2, 0) is 23.1 Å². The lowest BCUT2D eigenvalue weighted by molar-refractivity contribution is -0.143. The zero-order chi connectivity index (χ0) is 14.2. The highest BCUT2D eigenvalue weighted by Crippen LogP contribution is 2.42. The van der Waals surface area contributed by atoms with Crippen LogP contribution in [0.2, 0.25) is 0 Å².